The van der Waals surface area contributed by atoms with Crippen LogP contribution < -0.4 is 5.43 Å². The molecule has 0 amide bonds. The van der Waals surface area contributed by atoms with Gasteiger partial charge in [0.05, 0.1) is 11.6 Å². The van der Waals surface area contributed by atoms with E-state index in [0.29, 0.717) is 16.5 Å². The Bertz CT molecular complexity index is 509. The van der Waals surface area contributed by atoms with Crippen LogP contribution in [0, 0.1) is 12.7 Å². The van der Waals surface area contributed by atoms with Gasteiger partial charge in [-0.1, -0.05) is 0 Å². The van der Waals surface area contributed by atoms with Gasteiger partial charge in [-0.2, -0.15) is 0 Å². The van der Waals surface area contributed by atoms with Crippen molar-refractivity contribution in [2.24, 2.45) is 0 Å². The average Bonchev–Trinajstić information content (AvgIpc) is 2.12. The highest BCUT2D eigenvalue weighted by Crippen LogP contribution is 2.12. The van der Waals surface area contributed by atoms with Crippen LogP contribution in [0.2, 0.25) is 0 Å². The van der Waals surface area contributed by atoms with Crippen LogP contribution in [0.4, 0.5) is 4.39 Å². The van der Waals surface area contributed by atoms with Gasteiger partial charge < -0.3 is 4.42 Å². The summed E-state index contributed by atoms with van der Waals surface area (Å²) in [6, 6.07) is 3.90. The van der Waals surface area contributed by atoms with Gasteiger partial charge in [-0.15, -0.1) is 0 Å². The Morgan fingerprint density at radius 2 is 2.15 bits per heavy atom. The van der Waals surface area contributed by atoms with Crippen molar-refractivity contribution in [3.8, 4) is 0 Å². The number of aryl methyl sites for hydroxylation is 1. The van der Waals surface area contributed by atoms with Gasteiger partial charge in [-0.3, -0.25) is 4.79 Å². The lowest BCUT2D eigenvalue weighted by atomic mass is 10.2. The molecule has 0 bridgehead atoms. The molecule has 0 saturated heterocycles. The minimum absolute atomic E-state index is 0.180. The first-order valence-corrected chi connectivity index (χ1v) is 3.86. The molecule has 0 aliphatic heterocycles. The average molecular weight is 178 g/mol. The van der Waals surface area contributed by atoms with Crippen LogP contribution in [0.1, 0.15) is 5.56 Å². The Hall–Kier alpha value is -1.64. The Morgan fingerprint density at radius 3 is 2.92 bits per heavy atom. The lowest BCUT2D eigenvalue weighted by Gasteiger charge is -1.96. The molecule has 1 aromatic heterocycles. The van der Waals surface area contributed by atoms with E-state index in [4.69, 9.17) is 4.42 Å². The van der Waals surface area contributed by atoms with Crippen molar-refractivity contribution in [1.82, 2.24) is 0 Å². The second-order valence-corrected chi connectivity index (χ2v) is 2.89. The van der Waals surface area contributed by atoms with Crippen LogP contribution in [0.3, 0.4) is 0 Å². The summed E-state index contributed by atoms with van der Waals surface area (Å²) in [6.07, 6.45) is 1.38. The van der Waals surface area contributed by atoms with Crippen LogP contribution in [-0.2, 0) is 0 Å². The Kier molecular flexibility index (Phi) is 1.65. The molecular weight excluding hydrogens is 171 g/mol. The molecule has 0 aliphatic carbocycles. The first-order chi connectivity index (χ1) is 6.18. The Morgan fingerprint density at radius 1 is 1.38 bits per heavy atom. The summed E-state index contributed by atoms with van der Waals surface area (Å²) in [4.78, 5) is 11.5. The fraction of sp³-hybridized carbons (Fsp3) is 0.100. The first-order valence-electron chi connectivity index (χ1n) is 3.86. The number of benzene rings is 1. The van der Waals surface area contributed by atoms with Crippen molar-refractivity contribution >= 4 is 11.0 Å². The van der Waals surface area contributed by atoms with E-state index in [0.717, 1.165) is 0 Å². The molecular formula is C10H7FO2. The van der Waals surface area contributed by atoms with Crippen molar-refractivity contribution in [2.75, 3.05) is 0 Å². The lowest BCUT2D eigenvalue weighted by Crippen LogP contribution is -2.04. The summed E-state index contributed by atoms with van der Waals surface area (Å²) >= 11 is 0. The van der Waals surface area contributed by atoms with Crippen molar-refractivity contribution in [1.29, 1.82) is 0 Å². The smallest absolute Gasteiger partial charge is 0.195 e. The molecule has 0 atom stereocenters. The van der Waals surface area contributed by atoms with E-state index in [9.17, 15) is 9.18 Å². The zero-order valence-electron chi connectivity index (χ0n) is 7.00. The number of hydrogen-bond acceptors (Lipinski definition) is 2. The molecule has 2 rings (SSSR count). The normalized spacial score (nSPS) is 10.6. The van der Waals surface area contributed by atoms with E-state index in [1.807, 2.05) is 0 Å². The van der Waals surface area contributed by atoms with Gasteiger partial charge in [-0.05, 0) is 25.1 Å². The molecule has 2 nitrogen and oxygen atoms in total. The topological polar surface area (TPSA) is 30.2 Å². The Balaban J connectivity index is 2.97. The number of halogens is 1. The molecule has 66 valence electrons. The third-order valence-corrected chi connectivity index (χ3v) is 1.91. The highest BCUT2D eigenvalue weighted by molar-refractivity contribution is 5.76. The Labute approximate surface area is 73.6 Å². The third kappa shape index (κ3) is 1.22. The minimum atomic E-state index is -0.426. The van der Waals surface area contributed by atoms with Crippen LogP contribution >= 0.6 is 0 Å². The van der Waals surface area contributed by atoms with Crippen molar-refractivity contribution < 1.29 is 8.81 Å². The zero-order chi connectivity index (χ0) is 9.42. The molecule has 13 heavy (non-hydrogen) atoms. The third-order valence-electron chi connectivity index (χ3n) is 1.91. The summed E-state index contributed by atoms with van der Waals surface area (Å²) < 4.78 is 17.9. The number of fused-ring (bicyclic) bond motifs is 1. The monoisotopic (exact) mass is 178 g/mol. The summed E-state index contributed by atoms with van der Waals surface area (Å²) in [7, 11) is 0. The lowest BCUT2D eigenvalue weighted by molar-refractivity contribution is 0.591. The van der Waals surface area contributed by atoms with E-state index in [-0.39, 0.29) is 5.43 Å². The predicted molar refractivity (Wildman–Crippen MR) is 47.2 cm³/mol. The van der Waals surface area contributed by atoms with Crippen LogP contribution in [0.15, 0.2) is 33.7 Å². The van der Waals surface area contributed by atoms with Crippen LogP contribution in [-0.4, -0.2) is 0 Å². The summed E-state index contributed by atoms with van der Waals surface area (Å²) in [5, 5.41) is 0.292. The van der Waals surface area contributed by atoms with Gasteiger partial charge in [0.1, 0.15) is 11.4 Å². The maximum Gasteiger partial charge on any atom is 0.195 e. The second kappa shape index (κ2) is 2.69. The molecule has 0 aliphatic rings. The molecule has 0 saturated carbocycles. The van der Waals surface area contributed by atoms with E-state index >= 15 is 0 Å². The first kappa shape index (κ1) is 7.98. The molecule has 1 heterocycles. The largest absolute Gasteiger partial charge is 0.464 e. The molecule has 2 aromatic rings. The van der Waals surface area contributed by atoms with E-state index in [1.165, 1.54) is 24.5 Å². The van der Waals surface area contributed by atoms with Gasteiger partial charge in [0.2, 0.25) is 0 Å². The summed E-state index contributed by atoms with van der Waals surface area (Å²) in [5.41, 5.74) is 0.718. The molecule has 0 radical (unpaired) electrons. The maximum atomic E-state index is 12.8. The van der Waals surface area contributed by atoms with Crippen LogP contribution in [0.25, 0.3) is 11.0 Å². The van der Waals surface area contributed by atoms with Gasteiger partial charge in [-0.25, -0.2) is 4.39 Å². The standard InChI is InChI=1S/C10H7FO2/c1-6-5-13-9-3-2-7(11)4-8(9)10(6)12/h2-5H,1H3. The van der Waals surface area contributed by atoms with E-state index in [1.54, 1.807) is 6.92 Å². The van der Waals surface area contributed by atoms with Gasteiger partial charge >= 0.3 is 0 Å². The molecule has 1 aromatic carbocycles. The second-order valence-electron chi connectivity index (χ2n) is 2.89. The molecule has 0 N–H and O–H groups in total. The molecule has 3 heteroatoms. The summed E-state index contributed by atoms with van der Waals surface area (Å²) in [6.45, 7) is 1.64. The van der Waals surface area contributed by atoms with Gasteiger partial charge in [0.25, 0.3) is 0 Å². The van der Waals surface area contributed by atoms with Gasteiger partial charge in [0, 0.05) is 5.56 Å². The predicted octanol–water partition coefficient (Wildman–Crippen LogP) is 2.24. The quantitative estimate of drug-likeness (QED) is 0.619. The highest BCUT2D eigenvalue weighted by Gasteiger charge is 2.03. The minimum Gasteiger partial charge on any atom is -0.464 e. The van der Waals surface area contributed by atoms with Crippen molar-refractivity contribution in [3.05, 3.63) is 46.1 Å². The van der Waals surface area contributed by atoms with E-state index < -0.39 is 5.82 Å². The molecule has 0 spiro atoms. The van der Waals surface area contributed by atoms with E-state index in [2.05, 4.69) is 0 Å². The fourth-order valence-corrected chi connectivity index (χ4v) is 1.20. The fourth-order valence-electron chi connectivity index (χ4n) is 1.20. The van der Waals surface area contributed by atoms with Gasteiger partial charge in [0.15, 0.2) is 5.43 Å². The van der Waals surface area contributed by atoms with Crippen LogP contribution in [0.5, 0.6) is 0 Å². The molecule has 0 fully saturated rings. The number of hydrogen-bond donors (Lipinski definition) is 0. The summed E-state index contributed by atoms with van der Waals surface area (Å²) in [5.74, 6) is -0.426. The van der Waals surface area contributed by atoms with Crippen molar-refractivity contribution in [2.45, 2.75) is 6.92 Å². The van der Waals surface area contributed by atoms with Crippen molar-refractivity contribution in [3.63, 3.8) is 0 Å². The SMILES string of the molecule is Cc1coc2ccc(F)cc2c1=O. The number of rotatable bonds is 0. The highest BCUT2D eigenvalue weighted by atomic mass is 19.1. The zero-order valence-corrected chi connectivity index (χ0v) is 7.00. The molecule has 0 unspecified atom stereocenters. The maximum absolute atomic E-state index is 12.8.